The molecule has 0 fully saturated rings. The summed E-state index contributed by atoms with van der Waals surface area (Å²) >= 11 is 1.78. The van der Waals surface area contributed by atoms with Crippen molar-refractivity contribution in [2.75, 3.05) is 19.7 Å². The van der Waals surface area contributed by atoms with Crippen molar-refractivity contribution < 1.29 is 32.1 Å². The molecule has 56 heavy (non-hydrogen) atoms. The van der Waals surface area contributed by atoms with Crippen LogP contribution in [-0.2, 0) is 45.6 Å². The molecule has 0 unspecified atom stereocenters. The van der Waals surface area contributed by atoms with Gasteiger partial charge in [0.05, 0.1) is 24.9 Å². The van der Waals surface area contributed by atoms with Gasteiger partial charge < -0.3 is 29.8 Å². The summed E-state index contributed by atoms with van der Waals surface area (Å²) in [5.74, 6) is -0.350. The number of aryl methyl sites for hydroxylation is 2. The summed E-state index contributed by atoms with van der Waals surface area (Å²) in [6.45, 7) is 8.01. The van der Waals surface area contributed by atoms with E-state index in [9.17, 15) is 22.7 Å². The van der Waals surface area contributed by atoms with E-state index in [0.717, 1.165) is 37.3 Å². The van der Waals surface area contributed by atoms with Crippen LogP contribution in [0.15, 0.2) is 96.6 Å². The minimum absolute atomic E-state index is 0.0695. The molecule has 0 bridgehead atoms. The number of aliphatic hydroxyl groups excluding tert-OH is 1. The SMILES string of the molecule is CCn1c2ccc(CNCCn3cc(COc4ccc(OCc5ccc(F)c(C(F)(F)F)c5)c(CNCCO)c4)cn3)cc2c2ccc(-c3cc(C)cs3)cc21. The molecule has 292 valence electrons. The number of aromatic nitrogens is 3. The Morgan fingerprint density at radius 3 is 2.43 bits per heavy atom. The maximum absolute atomic E-state index is 13.8. The first-order valence-electron chi connectivity index (χ1n) is 18.5. The van der Waals surface area contributed by atoms with Crippen LogP contribution in [0.5, 0.6) is 11.5 Å². The molecule has 4 aromatic carbocycles. The highest BCUT2D eigenvalue weighted by molar-refractivity contribution is 7.13. The molecule has 0 aliphatic rings. The molecule has 8 nitrogen and oxygen atoms in total. The number of hydrogen-bond donors (Lipinski definition) is 3. The largest absolute Gasteiger partial charge is 0.489 e. The maximum Gasteiger partial charge on any atom is 0.419 e. The number of aliphatic hydroxyl groups is 1. The van der Waals surface area contributed by atoms with Crippen LogP contribution in [0.25, 0.3) is 32.2 Å². The van der Waals surface area contributed by atoms with Gasteiger partial charge >= 0.3 is 6.18 Å². The highest BCUT2D eigenvalue weighted by Crippen LogP contribution is 2.36. The summed E-state index contributed by atoms with van der Waals surface area (Å²) in [6, 6.07) is 23.7. The number of fused-ring (bicyclic) bond motifs is 3. The van der Waals surface area contributed by atoms with Crippen molar-refractivity contribution in [2.45, 2.75) is 59.4 Å². The van der Waals surface area contributed by atoms with Gasteiger partial charge in [-0.15, -0.1) is 11.3 Å². The third-order valence-corrected chi connectivity index (χ3v) is 10.7. The zero-order valence-electron chi connectivity index (χ0n) is 31.1. The van der Waals surface area contributed by atoms with Crippen LogP contribution < -0.4 is 20.1 Å². The van der Waals surface area contributed by atoms with Gasteiger partial charge in [-0.05, 0) is 96.1 Å². The van der Waals surface area contributed by atoms with E-state index in [4.69, 9.17) is 9.47 Å². The van der Waals surface area contributed by atoms with Crippen LogP contribution in [0.2, 0.25) is 0 Å². The van der Waals surface area contributed by atoms with Crippen molar-refractivity contribution >= 4 is 33.1 Å². The van der Waals surface area contributed by atoms with E-state index in [2.05, 4.69) is 82.0 Å². The quantitative estimate of drug-likeness (QED) is 0.0631. The van der Waals surface area contributed by atoms with Crippen molar-refractivity contribution in [3.8, 4) is 21.9 Å². The fraction of sp³-hybridized carbons (Fsp3) is 0.279. The van der Waals surface area contributed by atoms with Crippen LogP contribution in [0.3, 0.4) is 0 Å². The Morgan fingerprint density at radius 2 is 1.64 bits per heavy atom. The van der Waals surface area contributed by atoms with Gasteiger partial charge in [-0.1, -0.05) is 24.3 Å². The van der Waals surface area contributed by atoms with E-state index in [1.54, 1.807) is 35.7 Å². The Hall–Kier alpha value is -5.21. The predicted octanol–water partition coefficient (Wildman–Crippen LogP) is 9.24. The Morgan fingerprint density at radius 1 is 0.821 bits per heavy atom. The third kappa shape index (κ3) is 9.08. The first kappa shape index (κ1) is 39.0. The number of alkyl halides is 3. The average Bonchev–Trinajstić information content (AvgIpc) is 3.92. The number of nitrogens with zero attached hydrogens (tertiary/aromatic N) is 3. The number of halogens is 4. The monoisotopic (exact) mass is 785 g/mol. The molecule has 0 radical (unpaired) electrons. The number of thiophene rings is 1. The minimum atomic E-state index is -4.81. The molecule has 13 heteroatoms. The first-order valence-corrected chi connectivity index (χ1v) is 19.4. The van der Waals surface area contributed by atoms with Gasteiger partial charge in [0, 0.05) is 76.7 Å². The second-order valence-electron chi connectivity index (χ2n) is 13.7. The number of hydrogen-bond acceptors (Lipinski definition) is 7. The van der Waals surface area contributed by atoms with Crippen LogP contribution in [0.4, 0.5) is 17.6 Å². The fourth-order valence-corrected chi connectivity index (χ4v) is 7.69. The molecule has 0 aliphatic heterocycles. The molecular weight excluding hydrogens is 743 g/mol. The lowest BCUT2D eigenvalue weighted by atomic mass is 10.1. The van der Waals surface area contributed by atoms with Gasteiger partial charge in [0.1, 0.15) is 30.5 Å². The van der Waals surface area contributed by atoms with Gasteiger partial charge in [-0.2, -0.15) is 18.3 Å². The first-order chi connectivity index (χ1) is 27.1. The van der Waals surface area contributed by atoms with Gasteiger partial charge in [0.25, 0.3) is 0 Å². The Kier molecular flexibility index (Phi) is 12.1. The zero-order chi connectivity index (χ0) is 39.2. The Balaban J connectivity index is 0.929. The van der Waals surface area contributed by atoms with Crippen molar-refractivity contribution in [1.29, 1.82) is 0 Å². The second-order valence-corrected chi connectivity index (χ2v) is 14.6. The van der Waals surface area contributed by atoms with Crippen molar-refractivity contribution in [3.63, 3.8) is 0 Å². The number of benzene rings is 4. The molecule has 0 spiro atoms. The third-order valence-electron chi connectivity index (χ3n) is 9.57. The molecular formula is C43H43F4N5O3S. The molecule has 0 saturated heterocycles. The van der Waals surface area contributed by atoms with E-state index in [1.807, 2.05) is 10.9 Å². The van der Waals surface area contributed by atoms with Crippen LogP contribution in [0, 0.1) is 12.7 Å². The zero-order valence-corrected chi connectivity index (χ0v) is 31.9. The normalized spacial score (nSPS) is 11.9. The molecule has 0 amide bonds. The van der Waals surface area contributed by atoms with Gasteiger partial charge in [0.2, 0.25) is 0 Å². The summed E-state index contributed by atoms with van der Waals surface area (Å²) in [6.07, 6.45) is -1.10. The Labute approximate surface area is 326 Å². The van der Waals surface area contributed by atoms with Crippen LogP contribution >= 0.6 is 11.3 Å². The van der Waals surface area contributed by atoms with Gasteiger partial charge in [0.15, 0.2) is 0 Å². The molecule has 0 atom stereocenters. The van der Waals surface area contributed by atoms with E-state index >= 15 is 0 Å². The number of rotatable bonds is 17. The van der Waals surface area contributed by atoms with Gasteiger partial charge in [-0.25, -0.2) is 4.39 Å². The number of nitrogens with one attached hydrogen (secondary N) is 2. The summed E-state index contributed by atoms with van der Waals surface area (Å²) < 4.78 is 69.5. The van der Waals surface area contributed by atoms with E-state index in [0.29, 0.717) is 36.7 Å². The maximum atomic E-state index is 13.8. The van der Waals surface area contributed by atoms with E-state index in [1.165, 1.54) is 49.4 Å². The summed E-state index contributed by atoms with van der Waals surface area (Å²) in [4.78, 5) is 1.29. The molecule has 3 heterocycles. The van der Waals surface area contributed by atoms with Crippen molar-refractivity contribution in [2.24, 2.45) is 0 Å². The molecule has 3 aromatic heterocycles. The highest BCUT2D eigenvalue weighted by Gasteiger charge is 2.34. The lowest BCUT2D eigenvalue weighted by molar-refractivity contribution is -0.140. The van der Waals surface area contributed by atoms with Crippen molar-refractivity contribution in [1.82, 2.24) is 25.0 Å². The average molecular weight is 786 g/mol. The molecule has 0 aliphatic carbocycles. The van der Waals surface area contributed by atoms with Crippen LogP contribution in [0.1, 0.15) is 40.3 Å². The highest BCUT2D eigenvalue weighted by atomic mass is 32.1. The minimum Gasteiger partial charge on any atom is -0.489 e. The lowest BCUT2D eigenvalue weighted by Crippen LogP contribution is -2.19. The standard InChI is InChI=1S/C43H43F4N5O3S/c1-3-52-39-10-5-29(17-36(39)35-8-6-32(20-40(35)52)42-16-28(2)27-56-42)21-48-12-14-51-24-31(22-50-51)26-54-34-7-11-41(33(19-34)23-49-13-15-53)55-25-30-4-9-38(44)37(18-30)43(45,46)47/h4-11,16-20,22,24,27,48-49,53H,3,12-15,21,23,25-26H2,1-2H3. The van der Waals surface area contributed by atoms with Gasteiger partial charge in [-0.3, -0.25) is 4.68 Å². The fourth-order valence-electron chi connectivity index (χ4n) is 6.80. The predicted molar refractivity (Wildman–Crippen MR) is 212 cm³/mol. The number of ether oxygens (including phenoxy) is 2. The Bertz CT molecular complexity index is 2440. The van der Waals surface area contributed by atoms with E-state index in [-0.39, 0.29) is 25.4 Å². The van der Waals surface area contributed by atoms with E-state index < -0.39 is 17.6 Å². The summed E-state index contributed by atoms with van der Waals surface area (Å²) in [5, 5.41) is 25.1. The molecule has 3 N–H and O–H groups in total. The summed E-state index contributed by atoms with van der Waals surface area (Å²) in [5.41, 5.74) is 6.65. The topological polar surface area (TPSA) is 85.5 Å². The summed E-state index contributed by atoms with van der Waals surface area (Å²) in [7, 11) is 0. The van der Waals surface area contributed by atoms with Crippen LogP contribution in [-0.4, -0.2) is 39.2 Å². The lowest BCUT2D eigenvalue weighted by Gasteiger charge is -2.15. The molecule has 7 aromatic rings. The second kappa shape index (κ2) is 17.3. The van der Waals surface area contributed by atoms with Crippen molar-refractivity contribution in [3.05, 3.63) is 136 Å². The molecule has 0 saturated carbocycles. The smallest absolute Gasteiger partial charge is 0.419 e. The molecule has 7 rings (SSSR count).